The Hall–Kier alpha value is -2.85. The van der Waals surface area contributed by atoms with Crippen molar-refractivity contribution in [3.8, 4) is 5.75 Å². The minimum absolute atomic E-state index is 0.185. The predicted molar refractivity (Wildman–Crippen MR) is 109 cm³/mol. The highest BCUT2D eigenvalue weighted by Crippen LogP contribution is 2.38. The normalized spacial score (nSPS) is 18.9. The number of ether oxygens (including phenoxy) is 2. The molecule has 0 spiro atoms. The van der Waals surface area contributed by atoms with Crippen LogP contribution in [0.25, 0.3) is 0 Å². The first-order valence-corrected chi connectivity index (χ1v) is 9.41. The van der Waals surface area contributed by atoms with Crippen molar-refractivity contribution in [2.24, 2.45) is 4.99 Å². The van der Waals surface area contributed by atoms with Crippen molar-refractivity contribution in [2.45, 2.75) is 18.6 Å². The minimum atomic E-state index is -0.451. The van der Waals surface area contributed by atoms with Crippen LogP contribution in [0.3, 0.4) is 0 Å². The smallest absolute Gasteiger partial charge is 0.221 e. The zero-order valence-corrected chi connectivity index (χ0v) is 16.1. The van der Waals surface area contributed by atoms with Crippen LogP contribution in [0.4, 0.5) is 4.39 Å². The fraction of sp³-hybridized carbons (Fsp3) is 0.174. The summed E-state index contributed by atoms with van der Waals surface area (Å²) in [6.07, 6.45) is 0.391. The van der Waals surface area contributed by atoms with E-state index >= 15 is 0 Å². The molecule has 3 aromatic carbocycles. The van der Waals surface area contributed by atoms with Gasteiger partial charge in [0, 0.05) is 6.42 Å². The Morgan fingerprint density at radius 3 is 2.39 bits per heavy atom. The molecule has 0 aliphatic carbocycles. The Morgan fingerprint density at radius 1 is 0.964 bits per heavy atom. The van der Waals surface area contributed by atoms with Crippen LogP contribution in [0.15, 0.2) is 77.8 Å². The quantitative estimate of drug-likeness (QED) is 0.531. The van der Waals surface area contributed by atoms with E-state index in [1.54, 1.807) is 19.2 Å². The van der Waals surface area contributed by atoms with E-state index in [9.17, 15) is 4.39 Å². The predicted octanol–water partition coefficient (Wildman–Crippen LogP) is 6.14. The van der Waals surface area contributed by atoms with Crippen molar-refractivity contribution in [3.05, 3.63) is 100 Å². The highest BCUT2D eigenvalue weighted by molar-refractivity contribution is 6.33. The molecule has 2 atom stereocenters. The van der Waals surface area contributed by atoms with Crippen LogP contribution in [-0.2, 0) is 4.74 Å². The summed E-state index contributed by atoms with van der Waals surface area (Å²) >= 11 is 6.27. The Labute approximate surface area is 168 Å². The maximum absolute atomic E-state index is 14.5. The first kappa shape index (κ1) is 18.5. The second kappa shape index (κ2) is 8.03. The second-order valence-corrected chi connectivity index (χ2v) is 6.98. The van der Waals surface area contributed by atoms with Gasteiger partial charge in [-0.2, -0.15) is 0 Å². The molecule has 0 saturated heterocycles. The van der Waals surface area contributed by atoms with Crippen molar-refractivity contribution in [3.63, 3.8) is 0 Å². The van der Waals surface area contributed by atoms with E-state index in [-0.39, 0.29) is 28.6 Å². The Bertz CT molecular complexity index is 969. The molecule has 3 nitrogen and oxygen atoms in total. The fourth-order valence-corrected chi connectivity index (χ4v) is 3.59. The number of aliphatic imine (C=N–C) groups is 1. The standard InChI is InChI=1S/C23H19ClFNO2/c1-27-17-12-10-15(11-13-17)20-14-21(16-6-3-2-4-7-16)28-23(26-20)22-18(24)8-5-9-19(22)25/h2-13,20-21H,14H2,1H3. The SMILES string of the molecule is COc1ccc(C2CC(c3ccccc3)OC(c3c(F)cccc3Cl)=N2)cc1. The summed E-state index contributed by atoms with van der Waals surface area (Å²) in [5.74, 6) is 0.550. The average molecular weight is 396 g/mol. The van der Waals surface area contributed by atoms with Crippen LogP contribution in [0.2, 0.25) is 5.02 Å². The molecule has 1 aliphatic heterocycles. The molecule has 3 aromatic rings. The second-order valence-electron chi connectivity index (χ2n) is 6.57. The molecule has 1 heterocycles. The van der Waals surface area contributed by atoms with Gasteiger partial charge in [0.1, 0.15) is 17.7 Å². The summed E-state index contributed by atoms with van der Waals surface area (Å²) < 4.78 is 25.9. The molecular formula is C23H19ClFNO2. The van der Waals surface area contributed by atoms with Gasteiger partial charge in [-0.1, -0.05) is 60.1 Å². The summed E-state index contributed by atoms with van der Waals surface area (Å²) in [7, 11) is 1.63. The first-order valence-electron chi connectivity index (χ1n) is 9.03. The highest BCUT2D eigenvalue weighted by Gasteiger charge is 2.30. The van der Waals surface area contributed by atoms with E-state index in [0.717, 1.165) is 16.9 Å². The van der Waals surface area contributed by atoms with Gasteiger partial charge in [-0.05, 0) is 35.4 Å². The van der Waals surface area contributed by atoms with E-state index in [0.29, 0.717) is 6.42 Å². The van der Waals surface area contributed by atoms with Crippen molar-refractivity contribution in [1.82, 2.24) is 0 Å². The summed E-state index contributed by atoms with van der Waals surface area (Å²) in [6.45, 7) is 0. The van der Waals surface area contributed by atoms with Gasteiger partial charge in [-0.3, -0.25) is 0 Å². The minimum Gasteiger partial charge on any atom is -0.497 e. The van der Waals surface area contributed by atoms with Crippen LogP contribution in [0, 0.1) is 5.82 Å². The molecule has 4 rings (SSSR count). The van der Waals surface area contributed by atoms with E-state index in [1.807, 2.05) is 54.6 Å². The van der Waals surface area contributed by atoms with E-state index in [1.165, 1.54) is 6.07 Å². The van der Waals surface area contributed by atoms with Gasteiger partial charge in [0.05, 0.1) is 23.7 Å². The zero-order chi connectivity index (χ0) is 19.5. The lowest BCUT2D eigenvalue weighted by molar-refractivity contribution is 0.152. The number of rotatable bonds is 4. The topological polar surface area (TPSA) is 30.8 Å². The largest absolute Gasteiger partial charge is 0.497 e. The van der Waals surface area contributed by atoms with Crippen LogP contribution >= 0.6 is 11.6 Å². The Kier molecular flexibility index (Phi) is 5.31. The fourth-order valence-electron chi connectivity index (χ4n) is 3.34. The van der Waals surface area contributed by atoms with Crippen molar-refractivity contribution in [2.75, 3.05) is 7.11 Å². The molecule has 28 heavy (non-hydrogen) atoms. The third kappa shape index (κ3) is 3.73. The summed E-state index contributed by atoms with van der Waals surface area (Å²) in [4.78, 5) is 4.70. The van der Waals surface area contributed by atoms with Crippen molar-refractivity contribution < 1.29 is 13.9 Å². The molecule has 0 fully saturated rings. The highest BCUT2D eigenvalue weighted by atomic mass is 35.5. The van der Waals surface area contributed by atoms with Gasteiger partial charge in [0.15, 0.2) is 0 Å². The Morgan fingerprint density at radius 2 is 1.71 bits per heavy atom. The van der Waals surface area contributed by atoms with E-state index in [2.05, 4.69) is 0 Å². The maximum Gasteiger partial charge on any atom is 0.221 e. The van der Waals surface area contributed by atoms with Crippen LogP contribution in [-0.4, -0.2) is 13.0 Å². The van der Waals surface area contributed by atoms with Gasteiger partial charge in [-0.15, -0.1) is 0 Å². The van der Waals surface area contributed by atoms with Gasteiger partial charge < -0.3 is 9.47 Å². The maximum atomic E-state index is 14.5. The van der Waals surface area contributed by atoms with Gasteiger partial charge in [0.2, 0.25) is 5.90 Å². The molecule has 1 aliphatic rings. The lowest BCUT2D eigenvalue weighted by Crippen LogP contribution is -2.22. The van der Waals surface area contributed by atoms with Crippen LogP contribution < -0.4 is 4.74 Å². The van der Waals surface area contributed by atoms with Crippen LogP contribution in [0.1, 0.15) is 35.3 Å². The molecular weight excluding hydrogens is 377 g/mol. The molecule has 5 heteroatoms. The zero-order valence-electron chi connectivity index (χ0n) is 15.3. The molecule has 0 aromatic heterocycles. The average Bonchev–Trinajstić information content (AvgIpc) is 2.74. The van der Waals surface area contributed by atoms with Gasteiger partial charge in [-0.25, -0.2) is 9.38 Å². The van der Waals surface area contributed by atoms with E-state index in [4.69, 9.17) is 26.1 Å². The summed E-state index contributed by atoms with van der Waals surface area (Å²) in [6, 6.07) is 22.0. The third-order valence-corrected chi connectivity index (χ3v) is 5.13. The number of methoxy groups -OCH3 is 1. The van der Waals surface area contributed by atoms with Crippen LogP contribution in [0.5, 0.6) is 5.75 Å². The third-order valence-electron chi connectivity index (χ3n) is 4.81. The first-order chi connectivity index (χ1) is 13.7. The number of nitrogens with zero attached hydrogens (tertiary/aromatic N) is 1. The number of hydrogen-bond acceptors (Lipinski definition) is 3. The molecule has 0 bridgehead atoms. The molecule has 0 amide bonds. The molecule has 0 radical (unpaired) electrons. The van der Waals surface area contributed by atoms with Gasteiger partial charge in [0.25, 0.3) is 0 Å². The summed E-state index contributed by atoms with van der Waals surface area (Å²) in [5, 5.41) is 0.279. The lowest BCUT2D eigenvalue weighted by atomic mass is 9.95. The number of halogens is 2. The molecule has 2 unspecified atom stereocenters. The van der Waals surface area contributed by atoms with Crippen molar-refractivity contribution >= 4 is 17.5 Å². The lowest BCUT2D eigenvalue weighted by Gasteiger charge is -2.30. The monoisotopic (exact) mass is 395 g/mol. The summed E-state index contributed by atoms with van der Waals surface area (Å²) in [5.41, 5.74) is 2.22. The van der Waals surface area contributed by atoms with Gasteiger partial charge >= 0.3 is 0 Å². The van der Waals surface area contributed by atoms with Crippen molar-refractivity contribution in [1.29, 1.82) is 0 Å². The molecule has 142 valence electrons. The number of hydrogen-bond donors (Lipinski definition) is 0. The Balaban J connectivity index is 1.77. The number of benzene rings is 3. The van der Waals surface area contributed by atoms with E-state index < -0.39 is 5.82 Å². The molecule has 0 saturated carbocycles. The molecule has 0 N–H and O–H groups in total.